The molecule has 3 rings (SSSR count). The first-order valence-electron chi connectivity index (χ1n) is 13.4. The molecule has 3 atom stereocenters. The van der Waals surface area contributed by atoms with E-state index < -0.39 is 20.4 Å². The van der Waals surface area contributed by atoms with Crippen molar-refractivity contribution in [1.82, 2.24) is 19.1 Å². The monoisotopic (exact) mass is 520 g/mol. The Hall–Kier alpha value is -1.66. The van der Waals surface area contributed by atoms with Gasteiger partial charge in [0.25, 0.3) is 8.53 Å². The van der Waals surface area contributed by atoms with Crippen molar-refractivity contribution in [3.05, 3.63) is 34.7 Å². The summed E-state index contributed by atoms with van der Waals surface area (Å²) in [6, 6.07) is 0.598. The number of nitrogens with zero attached hydrogens (tertiary/aromatic N) is 5. The van der Waals surface area contributed by atoms with Crippen LogP contribution in [-0.2, 0) is 13.8 Å². The molecule has 1 saturated heterocycles. The zero-order chi connectivity index (χ0) is 27.3. The summed E-state index contributed by atoms with van der Waals surface area (Å²) in [5, 5.41) is 0. The second-order valence-corrected chi connectivity index (χ2v) is 12.0. The molecule has 0 bridgehead atoms. The number of rotatable bonds is 11. The molecule has 0 aromatic carbocycles. The summed E-state index contributed by atoms with van der Waals surface area (Å²) < 4.78 is 31.8. The zero-order valence-corrected chi connectivity index (χ0v) is 23.6. The SMILES string of the molecule is [2H]C[C@@]1(COP(OCC[N+]#[C-])N(C(C)C)C(C)C)CN(C(C)C)C[C@H](n2cnc3c2C=C(C)CC3=O)O1. The summed E-state index contributed by atoms with van der Waals surface area (Å²) >= 11 is 0. The number of hydrogen-bond donors (Lipinski definition) is 0. The molecular formula is C26H42N5O4P. The topological polar surface area (TPSA) is 73.4 Å². The van der Waals surface area contributed by atoms with Crippen LogP contribution in [0.25, 0.3) is 10.9 Å². The van der Waals surface area contributed by atoms with Gasteiger partial charge in [0.05, 0.1) is 18.6 Å². The molecule has 0 amide bonds. The minimum absolute atomic E-state index is 0.00594. The van der Waals surface area contributed by atoms with Gasteiger partial charge in [0.2, 0.25) is 6.54 Å². The van der Waals surface area contributed by atoms with Crippen LogP contribution in [0.15, 0.2) is 11.9 Å². The summed E-state index contributed by atoms with van der Waals surface area (Å²) in [6.45, 7) is 23.6. The van der Waals surface area contributed by atoms with Gasteiger partial charge >= 0.3 is 0 Å². The Morgan fingerprint density at radius 2 is 2.06 bits per heavy atom. The molecule has 0 radical (unpaired) electrons. The highest BCUT2D eigenvalue weighted by Crippen LogP contribution is 2.47. The van der Waals surface area contributed by atoms with Crippen LogP contribution in [0.3, 0.4) is 0 Å². The van der Waals surface area contributed by atoms with Crippen molar-refractivity contribution in [3.63, 3.8) is 0 Å². The number of ether oxygens (including phenoxy) is 1. The van der Waals surface area contributed by atoms with Gasteiger partial charge in [-0.15, -0.1) is 0 Å². The van der Waals surface area contributed by atoms with Crippen LogP contribution in [0, 0.1) is 6.57 Å². The third-order valence-corrected chi connectivity index (χ3v) is 8.37. The zero-order valence-electron chi connectivity index (χ0n) is 23.7. The summed E-state index contributed by atoms with van der Waals surface area (Å²) in [5.41, 5.74) is 1.34. The number of carbonyl (C=O) groups excluding carboxylic acids is 1. The highest BCUT2D eigenvalue weighted by Gasteiger charge is 2.41. The summed E-state index contributed by atoms with van der Waals surface area (Å²) in [5.74, 6) is 0.0185. The molecule has 1 aliphatic heterocycles. The maximum absolute atomic E-state index is 12.6. The molecule has 0 N–H and O–H groups in total. The van der Waals surface area contributed by atoms with Gasteiger partial charge in [-0.25, -0.2) is 16.2 Å². The largest absolute Gasteiger partial charge is 0.347 e. The summed E-state index contributed by atoms with van der Waals surface area (Å²) in [7, 11) is -1.45. The highest BCUT2D eigenvalue weighted by molar-refractivity contribution is 7.44. The first-order chi connectivity index (χ1) is 17.5. The van der Waals surface area contributed by atoms with E-state index in [-0.39, 0.29) is 44.0 Å². The molecule has 0 spiro atoms. The number of allylic oxidation sites excluding steroid dienone is 1. The lowest BCUT2D eigenvalue weighted by Gasteiger charge is -2.47. The fourth-order valence-corrected chi connectivity index (χ4v) is 6.36. The lowest BCUT2D eigenvalue weighted by molar-refractivity contribution is -0.192. The van der Waals surface area contributed by atoms with Crippen molar-refractivity contribution in [2.75, 3.05) is 32.8 Å². The first kappa shape index (κ1) is 27.4. The van der Waals surface area contributed by atoms with E-state index >= 15 is 0 Å². The van der Waals surface area contributed by atoms with Crippen LogP contribution < -0.4 is 0 Å². The Balaban J connectivity index is 1.89. The van der Waals surface area contributed by atoms with Crippen molar-refractivity contribution < 1.29 is 19.9 Å². The summed E-state index contributed by atoms with van der Waals surface area (Å²) in [4.78, 5) is 22.7. The van der Waals surface area contributed by atoms with Gasteiger partial charge < -0.3 is 23.2 Å². The maximum Gasteiger partial charge on any atom is 0.259 e. The fourth-order valence-electron chi connectivity index (χ4n) is 4.68. The average Bonchev–Trinajstić information content (AvgIpc) is 3.26. The Morgan fingerprint density at radius 3 is 2.67 bits per heavy atom. The van der Waals surface area contributed by atoms with E-state index in [4.69, 9.17) is 21.7 Å². The normalized spacial score (nSPS) is 24.3. The van der Waals surface area contributed by atoms with Crippen LogP contribution in [0.2, 0.25) is 0 Å². The van der Waals surface area contributed by atoms with E-state index in [2.05, 4.69) is 60.9 Å². The predicted octanol–water partition coefficient (Wildman–Crippen LogP) is 5.17. The van der Waals surface area contributed by atoms with Crippen molar-refractivity contribution in [2.45, 2.75) is 91.7 Å². The number of Topliss-reactive ketones (excluding diaryl/α,β-unsaturated/α-hetero) is 1. The number of hydrogen-bond acceptors (Lipinski definition) is 7. The lowest BCUT2D eigenvalue weighted by atomic mass is 10.00. The Morgan fingerprint density at radius 1 is 1.33 bits per heavy atom. The van der Waals surface area contributed by atoms with Gasteiger partial charge in [0.1, 0.15) is 24.1 Å². The highest BCUT2D eigenvalue weighted by atomic mass is 31.2. The maximum atomic E-state index is 12.6. The van der Waals surface area contributed by atoms with Crippen LogP contribution in [0.5, 0.6) is 0 Å². The van der Waals surface area contributed by atoms with Crippen molar-refractivity contribution >= 4 is 20.4 Å². The van der Waals surface area contributed by atoms with Crippen LogP contribution >= 0.6 is 8.53 Å². The number of morpholine rings is 1. The molecule has 1 unspecified atom stereocenters. The predicted molar refractivity (Wildman–Crippen MR) is 142 cm³/mol. The number of aromatic nitrogens is 2. The Kier molecular flexibility index (Phi) is 9.32. The van der Waals surface area contributed by atoms with Crippen molar-refractivity contribution in [2.24, 2.45) is 0 Å². The molecule has 2 heterocycles. The molecule has 1 aromatic rings. The van der Waals surface area contributed by atoms with E-state index in [1.54, 1.807) is 6.33 Å². The average molecular weight is 521 g/mol. The van der Waals surface area contributed by atoms with Gasteiger partial charge in [-0.2, -0.15) is 0 Å². The molecule has 1 fully saturated rings. The number of carbonyl (C=O) groups is 1. The minimum atomic E-state index is -1.45. The second kappa shape index (κ2) is 12.3. The van der Waals surface area contributed by atoms with Crippen LogP contribution in [0.1, 0.15) is 85.6 Å². The Bertz CT molecular complexity index is 1000. The second-order valence-electron chi connectivity index (χ2n) is 10.5. The van der Waals surface area contributed by atoms with Crippen molar-refractivity contribution in [3.8, 4) is 0 Å². The Labute approximate surface area is 219 Å². The van der Waals surface area contributed by atoms with Crippen LogP contribution in [-0.4, -0.2) is 81.5 Å². The summed E-state index contributed by atoms with van der Waals surface area (Å²) in [6.07, 6.45) is 3.66. The molecule has 36 heavy (non-hydrogen) atoms. The smallest absolute Gasteiger partial charge is 0.259 e. The van der Waals surface area contributed by atoms with Gasteiger partial charge in [-0.3, -0.25) is 9.69 Å². The fraction of sp³-hybridized carbons (Fsp3) is 0.731. The molecule has 1 aromatic heterocycles. The van der Waals surface area contributed by atoms with E-state index in [0.717, 1.165) is 11.3 Å². The van der Waals surface area contributed by atoms with E-state index in [1.165, 1.54) is 0 Å². The molecule has 200 valence electrons. The van der Waals surface area contributed by atoms with Gasteiger partial charge in [-0.1, -0.05) is 5.57 Å². The quantitative estimate of drug-likeness (QED) is 0.226. The van der Waals surface area contributed by atoms with E-state index in [0.29, 0.717) is 31.8 Å². The molecule has 9 nitrogen and oxygen atoms in total. The first-order valence-corrected chi connectivity index (χ1v) is 13.8. The minimum Gasteiger partial charge on any atom is -0.347 e. The van der Waals surface area contributed by atoms with E-state index in [9.17, 15) is 4.79 Å². The molecule has 1 aliphatic carbocycles. The molecule has 10 heteroatoms. The molecular weight excluding hydrogens is 477 g/mol. The lowest BCUT2D eigenvalue weighted by Crippen LogP contribution is -2.56. The van der Waals surface area contributed by atoms with Gasteiger partial charge in [0, 0.05) is 39.0 Å². The van der Waals surface area contributed by atoms with Gasteiger partial charge in [-0.05, 0) is 61.4 Å². The standard InChI is InChI=1S/C26H42N5O4P/c1-18(2)29-14-24(30-17-28-25-22(30)12-21(7)13-23(25)32)35-26(8,15-29)16-34-36(33-11-10-27-9)31(19(3)4)20(5)6/h12,17-20,24H,10-11,13-16H2,1-8H3/t24-,26+,36?/m1/s1/i8D. The number of fused-ring (bicyclic) bond motifs is 1. The van der Waals surface area contributed by atoms with Crippen LogP contribution in [0.4, 0.5) is 0 Å². The molecule has 2 aliphatic rings. The third kappa shape index (κ3) is 6.80. The third-order valence-electron chi connectivity index (χ3n) is 6.32. The number of imidazole rings is 1. The van der Waals surface area contributed by atoms with Gasteiger partial charge in [0.15, 0.2) is 5.78 Å². The van der Waals surface area contributed by atoms with Crippen molar-refractivity contribution in [1.29, 1.82) is 0 Å². The van der Waals surface area contributed by atoms with E-state index in [1.807, 2.05) is 17.6 Å². The molecule has 0 saturated carbocycles. The number of ketones is 1.